The van der Waals surface area contributed by atoms with Gasteiger partial charge < -0.3 is 4.57 Å². The standard InChI is InChI=1S/C16H22ClIN2/c1-5-10(2)8-11(3)20-15-7-6-13(18)9-14(15)19-16(20)12(4)17/h6-7,9-12H,5,8H2,1-4H3. The monoisotopic (exact) mass is 404 g/mol. The first-order valence-electron chi connectivity index (χ1n) is 7.25. The number of nitrogens with zero attached hydrogens (tertiary/aromatic N) is 2. The Labute approximate surface area is 140 Å². The highest BCUT2D eigenvalue weighted by molar-refractivity contribution is 14.1. The van der Waals surface area contributed by atoms with E-state index in [1.165, 1.54) is 15.5 Å². The number of aromatic nitrogens is 2. The van der Waals surface area contributed by atoms with Crippen LogP contribution in [0.15, 0.2) is 18.2 Å². The third-order valence-electron chi connectivity index (χ3n) is 3.92. The van der Waals surface area contributed by atoms with Crippen molar-refractivity contribution in [2.45, 2.75) is 52.0 Å². The Balaban J connectivity index is 2.51. The van der Waals surface area contributed by atoms with Crippen LogP contribution in [-0.4, -0.2) is 9.55 Å². The van der Waals surface area contributed by atoms with Gasteiger partial charge >= 0.3 is 0 Å². The number of hydrogen-bond donors (Lipinski definition) is 0. The van der Waals surface area contributed by atoms with Gasteiger partial charge in [0.05, 0.1) is 16.4 Å². The van der Waals surface area contributed by atoms with Gasteiger partial charge in [-0.15, -0.1) is 11.6 Å². The molecule has 3 atom stereocenters. The van der Waals surface area contributed by atoms with Crippen molar-refractivity contribution < 1.29 is 0 Å². The van der Waals surface area contributed by atoms with Crippen LogP contribution in [0.5, 0.6) is 0 Å². The topological polar surface area (TPSA) is 17.8 Å². The van der Waals surface area contributed by atoms with Gasteiger partial charge in [-0.05, 0) is 67.0 Å². The molecule has 2 nitrogen and oxygen atoms in total. The Morgan fingerprint density at radius 1 is 1.30 bits per heavy atom. The lowest BCUT2D eigenvalue weighted by Gasteiger charge is -2.21. The van der Waals surface area contributed by atoms with Gasteiger partial charge in [-0.3, -0.25) is 0 Å². The summed E-state index contributed by atoms with van der Waals surface area (Å²) < 4.78 is 3.54. The molecule has 2 aromatic rings. The Hall–Kier alpha value is -0.290. The minimum atomic E-state index is -0.0700. The second-order valence-corrected chi connectivity index (χ2v) is 7.59. The van der Waals surface area contributed by atoms with Crippen molar-refractivity contribution in [3.8, 4) is 0 Å². The Morgan fingerprint density at radius 3 is 2.60 bits per heavy atom. The summed E-state index contributed by atoms with van der Waals surface area (Å²) in [7, 11) is 0. The zero-order valence-corrected chi connectivity index (χ0v) is 15.4. The van der Waals surface area contributed by atoms with Crippen molar-refractivity contribution in [2.24, 2.45) is 5.92 Å². The van der Waals surface area contributed by atoms with Crippen LogP contribution < -0.4 is 0 Å². The lowest BCUT2D eigenvalue weighted by atomic mass is 10.00. The van der Waals surface area contributed by atoms with Gasteiger partial charge in [0.25, 0.3) is 0 Å². The number of rotatable bonds is 5. The van der Waals surface area contributed by atoms with E-state index in [9.17, 15) is 0 Å². The van der Waals surface area contributed by atoms with Crippen molar-refractivity contribution in [3.05, 3.63) is 27.6 Å². The average molecular weight is 405 g/mol. The summed E-state index contributed by atoms with van der Waals surface area (Å²) in [6.07, 6.45) is 2.37. The fraction of sp³-hybridized carbons (Fsp3) is 0.562. The van der Waals surface area contributed by atoms with E-state index in [2.05, 4.69) is 66.1 Å². The molecule has 0 amide bonds. The maximum Gasteiger partial charge on any atom is 0.127 e. The number of benzene rings is 1. The number of halogens is 2. The second-order valence-electron chi connectivity index (χ2n) is 5.69. The quantitative estimate of drug-likeness (QED) is 0.445. The molecule has 20 heavy (non-hydrogen) atoms. The number of hydrogen-bond acceptors (Lipinski definition) is 1. The summed E-state index contributed by atoms with van der Waals surface area (Å²) in [6.45, 7) is 8.83. The lowest BCUT2D eigenvalue weighted by molar-refractivity contribution is 0.397. The molecule has 3 unspecified atom stereocenters. The van der Waals surface area contributed by atoms with E-state index in [-0.39, 0.29) is 5.38 Å². The van der Waals surface area contributed by atoms with E-state index < -0.39 is 0 Å². The molecule has 1 aromatic heterocycles. The van der Waals surface area contributed by atoms with Crippen LogP contribution in [0.25, 0.3) is 11.0 Å². The minimum absolute atomic E-state index is 0.0700. The highest BCUT2D eigenvalue weighted by Gasteiger charge is 2.20. The molecule has 4 heteroatoms. The molecule has 0 bridgehead atoms. The molecular formula is C16H22ClIN2. The largest absolute Gasteiger partial charge is 0.324 e. The molecular weight excluding hydrogens is 383 g/mol. The summed E-state index contributed by atoms with van der Waals surface area (Å²) in [5.74, 6) is 1.70. The second kappa shape index (κ2) is 6.65. The molecule has 0 saturated carbocycles. The fourth-order valence-corrected chi connectivity index (χ4v) is 3.32. The minimum Gasteiger partial charge on any atom is -0.324 e. The van der Waals surface area contributed by atoms with Gasteiger partial charge in [-0.25, -0.2) is 4.98 Å². The van der Waals surface area contributed by atoms with Gasteiger partial charge in [-0.2, -0.15) is 0 Å². The lowest BCUT2D eigenvalue weighted by Crippen LogP contribution is -2.12. The van der Waals surface area contributed by atoms with Crippen molar-refractivity contribution in [3.63, 3.8) is 0 Å². The Bertz CT molecular complexity index is 591. The predicted octanol–water partition coefficient (Wildman–Crippen LogP) is 5.94. The molecule has 0 radical (unpaired) electrons. The van der Waals surface area contributed by atoms with Crippen molar-refractivity contribution >= 4 is 45.2 Å². The molecule has 0 aliphatic heterocycles. The van der Waals surface area contributed by atoms with Crippen LogP contribution in [0.4, 0.5) is 0 Å². The normalized spacial score (nSPS) is 16.3. The number of fused-ring (bicyclic) bond motifs is 1. The molecule has 0 N–H and O–H groups in total. The van der Waals surface area contributed by atoms with E-state index in [1.807, 2.05) is 6.92 Å². The van der Waals surface area contributed by atoms with Gasteiger partial charge in [0.1, 0.15) is 5.82 Å². The van der Waals surface area contributed by atoms with E-state index >= 15 is 0 Å². The average Bonchev–Trinajstić information content (AvgIpc) is 2.76. The van der Waals surface area contributed by atoms with Crippen molar-refractivity contribution in [2.75, 3.05) is 0 Å². The van der Waals surface area contributed by atoms with Gasteiger partial charge in [0, 0.05) is 9.61 Å². The maximum absolute atomic E-state index is 6.35. The third-order valence-corrected chi connectivity index (χ3v) is 4.78. The molecule has 0 aliphatic carbocycles. The summed E-state index contributed by atoms with van der Waals surface area (Å²) in [4.78, 5) is 4.75. The third kappa shape index (κ3) is 3.30. The summed E-state index contributed by atoms with van der Waals surface area (Å²) >= 11 is 8.68. The van der Waals surface area contributed by atoms with E-state index in [0.717, 1.165) is 17.8 Å². The van der Waals surface area contributed by atoms with Gasteiger partial charge in [0.15, 0.2) is 0 Å². The summed E-state index contributed by atoms with van der Waals surface area (Å²) in [5.41, 5.74) is 2.25. The van der Waals surface area contributed by atoms with Crippen LogP contribution in [0, 0.1) is 9.49 Å². The van der Waals surface area contributed by atoms with E-state index in [4.69, 9.17) is 16.6 Å². The zero-order chi connectivity index (χ0) is 14.9. The van der Waals surface area contributed by atoms with Crippen LogP contribution in [0.2, 0.25) is 0 Å². The SMILES string of the molecule is CCC(C)CC(C)n1c(C(C)Cl)nc2cc(I)ccc21. The molecule has 0 aliphatic rings. The van der Waals surface area contributed by atoms with Crippen LogP contribution >= 0.6 is 34.2 Å². The first-order chi connectivity index (χ1) is 9.43. The van der Waals surface area contributed by atoms with E-state index in [0.29, 0.717) is 12.0 Å². The zero-order valence-electron chi connectivity index (χ0n) is 12.5. The molecule has 1 heterocycles. The molecule has 1 aromatic carbocycles. The summed E-state index contributed by atoms with van der Waals surface area (Å²) in [6, 6.07) is 6.86. The van der Waals surface area contributed by atoms with Crippen molar-refractivity contribution in [1.82, 2.24) is 9.55 Å². The fourth-order valence-electron chi connectivity index (χ4n) is 2.69. The Kier molecular flexibility index (Phi) is 5.35. The molecule has 0 spiro atoms. The first kappa shape index (κ1) is 16.1. The molecule has 2 rings (SSSR count). The van der Waals surface area contributed by atoms with Crippen LogP contribution in [-0.2, 0) is 0 Å². The molecule has 110 valence electrons. The first-order valence-corrected chi connectivity index (χ1v) is 8.77. The number of imidazole rings is 1. The van der Waals surface area contributed by atoms with Gasteiger partial charge in [-0.1, -0.05) is 20.3 Å². The smallest absolute Gasteiger partial charge is 0.127 e. The molecule has 0 fully saturated rings. The van der Waals surface area contributed by atoms with E-state index in [1.54, 1.807) is 0 Å². The van der Waals surface area contributed by atoms with Gasteiger partial charge in [0.2, 0.25) is 0 Å². The predicted molar refractivity (Wildman–Crippen MR) is 95.5 cm³/mol. The van der Waals surface area contributed by atoms with Crippen molar-refractivity contribution in [1.29, 1.82) is 0 Å². The molecule has 0 saturated heterocycles. The highest BCUT2D eigenvalue weighted by Crippen LogP contribution is 2.31. The summed E-state index contributed by atoms with van der Waals surface area (Å²) in [5, 5.41) is -0.0700. The Morgan fingerprint density at radius 2 is 2.00 bits per heavy atom. The van der Waals surface area contributed by atoms with Crippen LogP contribution in [0.3, 0.4) is 0 Å². The maximum atomic E-state index is 6.35. The van der Waals surface area contributed by atoms with Crippen LogP contribution in [0.1, 0.15) is 57.8 Å². The number of alkyl halides is 1. The highest BCUT2D eigenvalue weighted by atomic mass is 127.